The smallest absolute Gasteiger partial charge is 0.230 e. The molecule has 0 aliphatic heterocycles. The Bertz CT molecular complexity index is 407. The quantitative estimate of drug-likeness (QED) is 0.835. The number of thioether (sulfide) groups is 1. The van der Waals surface area contributed by atoms with Gasteiger partial charge in [-0.2, -0.15) is 0 Å². The summed E-state index contributed by atoms with van der Waals surface area (Å²) < 4.78 is 0. The van der Waals surface area contributed by atoms with Gasteiger partial charge in [-0.3, -0.25) is 4.79 Å². The third-order valence-electron chi connectivity index (χ3n) is 2.22. The zero-order chi connectivity index (χ0) is 13.1. The van der Waals surface area contributed by atoms with Gasteiger partial charge < -0.3 is 5.32 Å². The molecule has 0 bridgehead atoms. The molecule has 1 rings (SSSR count). The van der Waals surface area contributed by atoms with Crippen molar-refractivity contribution in [3.05, 3.63) is 29.3 Å². The molecule has 1 amide bonds. The van der Waals surface area contributed by atoms with E-state index in [0.29, 0.717) is 5.75 Å². The third kappa shape index (κ3) is 5.26. The number of hydrogen-bond acceptors (Lipinski definition) is 2. The van der Waals surface area contributed by atoms with Crippen LogP contribution in [-0.4, -0.2) is 17.2 Å². The third-order valence-corrected chi connectivity index (χ3v) is 3.37. The van der Waals surface area contributed by atoms with E-state index in [0.717, 1.165) is 0 Å². The molecular formula is C14H21NOS. The number of carbonyl (C=O) groups excluding carboxylic acids is 1. The summed E-state index contributed by atoms with van der Waals surface area (Å²) >= 11 is 1.60. The van der Waals surface area contributed by atoms with Crippen LogP contribution in [0.4, 0.5) is 0 Å². The molecule has 94 valence electrons. The molecule has 0 aromatic heterocycles. The first kappa shape index (κ1) is 14.1. The maximum atomic E-state index is 11.7. The Morgan fingerprint density at radius 2 is 1.94 bits per heavy atom. The Hall–Kier alpha value is -0.960. The van der Waals surface area contributed by atoms with Crippen molar-refractivity contribution in [2.75, 3.05) is 5.75 Å². The first-order valence-corrected chi connectivity index (χ1v) is 6.77. The minimum absolute atomic E-state index is 0.0865. The van der Waals surface area contributed by atoms with Crippen LogP contribution in [0.3, 0.4) is 0 Å². The molecule has 1 N–H and O–H groups in total. The molecule has 1 aromatic rings. The number of carbonyl (C=O) groups is 1. The summed E-state index contributed by atoms with van der Waals surface area (Å²) in [5.74, 6) is 0.560. The van der Waals surface area contributed by atoms with Crippen LogP contribution in [-0.2, 0) is 4.79 Å². The summed E-state index contributed by atoms with van der Waals surface area (Å²) in [6, 6.07) is 6.32. The molecule has 0 spiro atoms. The van der Waals surface area contributed by atoms with Gasteiger partial charge in [0, 0.05) is 10.4 Å². The van der Waals surface area contributed by atoms with Crippen molar-refractivity contribution in [2.45, 2.75) is 45.1 Å². The molecule has 0 unspecified atom stereocenters. The van der Waals surface area contributed by atoms with Crippen molar-refractivity contribution < 1.29 is 4.79 Å². The highest BCUT2D eigenvalue weighted by Gasteiger charge is 2.13. The normalized spacial score (nSPS) is 11.4. The molecule has 0 atom stereocenters. The van der Waals surface area contributed by atoms with Crippen LogP contribution >= 0.6 is 11.8 Å². The number of aryl methyl sites for hydroxylation is 2. The van der Waals surface area contributed by atoms with Gasteiger partial charge >= 0.3 is 0 Å². The van der Waals surface area contributed by atoms with Crippen molar-refractivity contribution in [3.8, 4) is 0 Å². The molecule has 0 saturated carbocycles. The van der Waals surface area contributed by atoms with Crippen LogP contribution in [0, 0.1) is 13.8 Å². The van der Waals surface area contributed by atoms with Crippen LogP contribution < -0.4 is 5.32 Å². The number of nitrogens with one attached hydrogen (secondary N) is 1. The highest BCUT2D eigenvalue weighted by Crippen LogP contribution is 2.23. The van der Waals surface area contributed by atoms with Gasteiger partial charge in [-0.1, -0.05) is 17.7 Å². The van der Waals surface area contributed by atoms with E-state index in [1.807, 2.05) is 20.8 Å². The average Bonchev–Trinajstić information content (AvgIpc) is 2.17. The maximum absolute atomic E-state index is 11.7. The molecule has 1 aromatic carbocycles. The summed E-state index contributed by atoms with van der Waals surface area (Å²) in [5.41, 5.74) is 2.30. The van der Waals surface area contributed by atoms with Gasteiger partial charge in [0.15, 0.2) is 0 Å². The van der Waals surface area contributed by atoms with Gasteiger partial charge in [0.1, 0.15) is 0 Å². The maximum Gasteiger partial charge on any atom is 0.230 e. The summed E-state index contributed by atoms with van der Waals surface area (Å²) in [5, 5.41) is 2.96. The topological polar surface area (TPSA) is 29.1 Å². The van der Waals surface area contributed by atoms with Gasteiger partial charge in [-0.15, -0.1) is 11.8 Å². The Balaban J connectivity index is 2.56. The van der Waals surface area contributed by atoms with Crippen molar-refractivity contribution in [1.29, 1.82) is 0 Å². The lowest BCUT2D eigenvalue weighted by molar-refractivity contribution is -0.119. The lowest BCUT2D eigenvalue weighted by Gasteiger charge is -2.20. The zero-order valence-corrected chi connectivity index (χ0v) is 12.1. The molecule has 0 radical (unpaired) electrons. The Labute approximate surface area is 108 Å². The minimum atomic E-state index is -0.153. The van der Waals surface area contributed by atoms with Crippen molar-refractivity contribution in [2.24, 2.45) is 0 Å². The number of benzene rings is 1. The second-order valence-corrected chi connectivity index (χ2v) is 6.37. The standard InChI is InChI=1S/C14H21NOS/c1-10-6-7-11(2)12(8-10)17-9-13(16)15-14(3,4)5/h6-8H,9H2,1-5H3,(H,15,16). The summed E-state index contributed by atoms with van der Waals surface area (Å²) in [6.07, 6.45) is 0. The van der Waals surface area contributed by atoms with Gasteiger partial charge in [0.05, 0.1) is 5.75 Å². The van der Waals surface area contributed by atoms with Crippen LogP contribution in [0.2, 0.25) is 0 Å². The van der Waals surface area contributed by atoms with E-state index in [1.165, 1.54) is 16.0 Å². The van der Waals surface area contributed by atoms with Crippen LogP contribution in [0.1, 0.15) is 31.9 Å². The first-order valence-electron chi connectivity index (χ1n) is 5.79. The minimum Gasteiger partial charge on any atom is -0.351 e. The Morgan fingerprint density at radius 1 is 1.29 bits per heavy atom. The van der Waals surface area contributed by atoms with Crippen molar-refractivity contribution in [3.63, 3.8) is 0 Å². The molecule has 0 fully saturated rings. The number of rotatable bonds is 3. The van der Waals surface area contributed by atoms with Crippen LogP contribution in [0.5, 0.6) is 0 Å². The Kier molecular flexibility index (Phi) is 4.63. The lowest BCUT2D eigenvalue weighted by atomic mass is 10.1. The van der Waals surface area contributed by atoms with Crippen molar-refractivity contribution in [1.82, 2.24) is 5.32 Å². The van der Waals surface area contributed by atoms with E-state index in [-0.39, 0.29) is 11.4 Å². The fraction of sp³-hybridized carbons (Fsp3) is 0.500. The van der Waals surface area contributed by atoms with Gasteiger partial charge in [0.2, 0.25) is 5.91 Å². The molecule has 0 aliphatic rings. The second-order valence-electron chi connectivity index (χ2n) is 5.36. The van der Waals surface area contributed by atoms with E-state index in [9.17, 15) is 4.79 Å². The molecule has 3 heteroatoms. The predicted octanol–water partition coefficient (Wildman–Crippen LogP) is 3.31. The van der Waals surface area contributed by atoms with E-state index in [1.54, 1.807) is 11.8 Å². The summed E-state index contributed by atoms with van der Waals surface area (Å²) in [6.45, 7) is 10.1. The molecule has 0 aliphatic carbocycles. The van der Waals surface area contributed by atoms with E-state index < -0.39 is 0 Å². The number of hydrogen-bond donors (Lipinski definition) is 1. The highest BCUT2D eigenvalue weighted by molar-refractivity contribution is 8.00. The number of amides is 1. The van der Waals surface area contributed by atoms with Gasteiger partial charge in [0.25, 0.3) is 0 Å². The zero-order valence-electron chi connectivity index (χ0n) is 11.3. The SMILES string of the molecule is Cc1ccc(C)c(SCC(=O)NC(C)(C)C)c1. The van der Waals surface area contributed by atoms with Crippen LogP contribution in [0.15, 0.2) is 23.1 Å². The first-order chi connectivity index (χ1) is 7.78. The summed E-state index contributed by atoms with van der Waals surface area (Å²) in [4.78, 5) is 12.9. The highest BCUT2D eigenvalue weighted by atomic mass is 32.2. The van der Waals surface area contributed by atoms with E-state index in [4.69, 9.17) is 0 Å². The van der Waals surface area contributed by atoms with E-state index in [2.05, 4.69) is 37.4 Å². The largest absolute Gasteiger partial charge is 0.351 e. The fourth-order valence-electron chi connectivity index (χ4n) is 1.46. The predicted molar refractivity (Wildman–Crippen MR) is 74.5 cm³/mol. The van der Waals surface area contributed by atoms with Gasteiger partial charge in [-0.25, -0.2) is 0 Å². The van der Waals surface area contributed by atoms with Crippen molar-refractivity contribution >= 4 is 17.7 Å². The lowest BCUT2D eigenvalue weighted by Crippen LogP contribution is -2.41. The molecule has 0 saturated heterocycles. The average molecular weight is 251 g/mol. The van der Waals surface area contributed by atoms with Crippen LogP contribution in [0.25, 0.3) is 0 Å². The molecule has 2 nitrogen and oxygen atoms in total. The fourth-order valence-corrected chi connectivity index (χ4v) is 2.38. The van der Waals surface area contributed by atoms with E-state index >= 15 is 0 Å². The molecule has 0 heterocycles. The monoisotopic (exact) mass is 251 g/mol. The molecule has 17 heavy (non-hydrogen) atoms. The van der Waals surface area contributed by atoms with Gasteiger partial charge in [-0.05, 0) is 46.2 Å². The Morgan fingerprint density at radius 3 is 2.53 bits per heavy atom. The second kappa shape index (κ2) is 5.58. The summed E-state index contributed by atoms with van der Waals surface area (Å²) in [7, 11) is 0. The molecular weight excluding hydrogens is 230 g/mol.